The molecule has 3 aliphatic rings. The maximum atomic E-state index is 15.3. The second-order valence-electron chi connectivity index (χ2n) is 10.6. The van der Waals surface area contributed by atoms with E-state index in [2.05, 4.69) is 20.1 Å². The number of fused-ring (bicyclic) bond motifs is 1. The Morgan fingerprint density at radius 3 is 2.51 bits per heavy atom. The summed E-state index contributed by atoms with van der Waals surface area (Å²) in [5.41, 5.74) is 1.55. The lowest BCUT2D eigenvalue weighted by atomic mass is 9.95. The van der Waals surface area contributed by atoms with Gasteiger partial charge in [-0.25, -0.2) is 18.7 Å². The van der Waals surface area contributed by atoms with E-state index in [0.717, 1.165) is 37.4 Å². The monoisotopic (exact) mass is 532 g/mol. The molecular weight excluding hydrogens is 506 g/mol. The van der Waals surface area contributed by atoms with Crippen LogP contribution < -0.4 is 9.80 Å². The number of aromatic nitrogens is 4. The minimum atomic E-state index is -0.815. The Bertz CT molecular complexity index is 1580. The smallest absolute Gasteiger partial charge is 0.229 e. The minimum Gasteiger partial charge on any atom is -0.391 e. The molecule has 11 heteroatoms. The number of amides is 1. The van der Waals surface area contributed by atoms with Crippen molar-refractivity contribution in [2.24, 2.45) is 0 Å². The summed E-state index contributed by atoms with van der Waals surface area (Å²) in [7, 11) is 0. The number of carbonyl (C=O) groups excluding carboxylic acids is 1. The Morgan fingerprint density at radius 1 is 0.974 bits per heavy atom. The van der Waals surface area contributed by atoms with E-state index in [4.69, 9.17) is 4.52 Å². The largest absolute Gasteiger partial charge is 0.391 e. The molecule has 200 valence electrons. The van der Waals surface area contributed by atoms with Gasteiger partial charge < -0.3 is 19.4 Å². The van der Waals surface area contributed by atoms with Crippen LogP contribution in [0.3, 0.4) is 0 Å². The lowest BCUT2D eigenvalue weighted by molar-refractivity contribution is -0.117. The molecule has 2 aliphatic heterocycles. The summed E-state index contributed by atoms with van der Waals surface area (Å²) >= 11 is 0. The molecule has 0 radical (unpaired) electrons. The third-order valence-electron chi connectivity index (χ3n) is 7.92. The third-order valence-corrected chi connectivity index (χ3v) is 7.92. The molecule has 1 aliphatic carbocycles. The Balaban J connectivity index is 1.17. The summed E-state index contributed by atoms with van der Waals surface area (Å²) in [5, 5.41) is 14.3. The highest BCUT2D eigenvalue weighted by atomic mass is 19.1. The molecule has 4 heterocycles. The average Bonchev–Trinajstić information content (AvgIpc) is 3.57. The molecule has 1 amide bonds. The predicted molar refractivity (Wildman–Crippen MR) is 138 cm³/mol. The summed E-state index contributed by atoms with van der Waals surface area (Å²) < 4.78 is 35.9. The van der Waals surface area contributed by atoms with Crippen LogP contribution in [0.1, 0.15) is 55.7 Å². The Morgan fingerprint density at radius 2 is 1.79 bits per heavy atom. The summed E-state index contributed by atoms with van der Waals surface area (Å²) in [6, 6.07) is 7.43. The molecule has 1 N–H and O–H groups in total. The highest BCUT2D eigenvalue weighted by Crippen LogP contribution is 2.41. The van der Waals surface area contributed by atoms with Gasteiger partial charge in [0.05, 0.1) is 35.7 Å². The number of piperidine rings is 1. The first-order valence-electron chi connectivity index (χ1n) is 13.3. The number of rotatable bonds is 5. The van der Waals surface area contributed by atoms with E-state index < -0.39 is 17.7 Å². The highest BCUT2D eigenvalue weighted by Gasteiger charge is 2.33. The van der Waals surface area contributed by atoms with E-state index in [1.807, 2.05) is 4.90 Å². The van der Waals surface area contributed by atoms with Gasteiger partial charge in [-0.05, 0) is 55.5 Å². The number of β-amino-alcohol motifs (C(OH)–C–C–N with tert-alkyl or cyclic N) is 1. The molecule has 7 rings (SSSR count). The van der Waals surface area contributed by atoms with Gasteiger partial charge >= 0.3 is 0 Å². The zero-order chi connectivity index (χ0) is 26.7. The maximum Gasteiger partial charge on any atom is 0.229 e. The fourth-order valence-electron chi connectivity index (χ4n) is 5.67. The van der Waals surface area contributed by atoms with E-state index in [1.54, 1.807) is 12.1 Å². The second-order valence-corrected chi connectivity index (χ2v) is 10.6. The van der Waals surface area contributed by atoms with Gasteiger partial charge in [-0.15, -0.1) is 0 Å². The van der Waals surface area contributed by atoms with Crippen LogP contribution >= 0.6 is 0 Å². The first-order valence-corrected chi connectivity index (χ1v) is 13.3. The second kappa shape index (κ2) is 9.33. The summed E-state index contributed by atoms with van der Waals surface area (Å²) in [5.74, 6) is 1.18. The maximum absolute atomic E-state index is 15.3. The zero-order valence-electron chi connectivity index (χ0n) is 21.1. The number of carbonyl (C=O) groups is 1. The Kier molecular flexibility index (Phi) is 5.76. The third kappa shape index (κ3) is 4.30. The van der Waals surface area contributed by atoms with Crippen LogP contribution in [0, 0.1) is 11.6 Å². The van der Waals surface area contributed by atoms with E-state index in [1.165, 1.54) is 29.4 Å². The van der Waals surface area contributed by atoms with Gasteiger partial charge in [0, 0.05) is 30.5 Å². The first kappa shape index (κ1) is 24.1. The van der Waals surface area contributed by atoms with Crippen molar-refractivity contribution in [2.45, 2.75) is 50.0 Å². The van der Waals surface area contributed by atoms with Gasteiger partial charge in [0.25, 0.3) is 0 Å². The Hall–Kier alpha value is -3.99. The number of aliphatic hydroxyl groups is 1. The normalized spacial score (nSPS) is 20.4. The van der Waals surface area contributed by atoms with Crippen molar-refractivity contribution in [3.63, 3.8) is 0 Å². The predicted octanol–water partition coefficient (Wildman–Crippen LogP) is 4.32. The number of anilines is 2. The van der Waals surface area contributed by atoms with Crippen molar-refractivity contribution in [3.8, 4) is 11.1 Å². The average molecular weight is 533 g/mol. The number of nitrogens with zero attached hydrogens (tertiary/aromatic N) is 6. The van der Waals surface area contributed by atoms with Gasteiger partial charge in [0.2, 0.25) is 11.8 Å². The number of hydrogen-bond acceptors (Lipinski definition) is 8. The fourth-order valence-corrected chi connectivity index (χ4v) is 5.67. The van der Waals surface area contributed by atoms with Crippen LogP contribution in [0.4, 0.5) is 20.3 Å². The summed E-state index contributed by atoms with van der Waals surface area (Å²) in [6.07, 6.45) is 4.34. The molecule has 3 fully saturated rings. The van der Waals surface area contributed by atoms with Crippen LogP contribution in [-0.2, 0) is 4.79 Å². The molecule has 2 aromatic carbocycles. The van der Waals surface area contributed by atoms with E-state index in [-0.39, 0.29) is 35.9 Å². The first-order chi connectivity index (χ1) is 19.0. The number of hydrogen-bond donors (Lipinski definition) is 1. The van der Waals surface area contributed by atoms with Crippen molar-refractivity contribution >= 4 is 28.3 Å². The highest BCUT2D eigenvalue weighted by molar-refractivity contribution is 6.00. The lowest BCUT2D eigenvalue weighted by Gasteiger charge is -2.32. The van der Waals surface area contributed by atoms with Gasteiger partial charge in [-0.1, -0.05) is 11.2 Å². The SMILES string of the molecule is O=C1C[C@@H](O)CN1c1ccc(-c2ccc(F)c3c(N4CCC(c5noc(C6CC6)n5)CC4)ncnc23)cc1F. The van der Waals surface area contributed by atoms with Gasteiger partial charge in [0.15, 0.2) is 5.82 Å². The van der Waals surface area contributed by atoms with Crippen molar-refractivity contribution < 1.29 is 23.2 Å². The molecule has 0 spiro atoms. The van der Waals surface area contributed by atoms with Crippen molar-refractivity contribution in [1.29, 1.82) is 0 Å². The summed E-state index contributed by atoms with van der Waals surface area (Å²) in [4.78, 5) is 28.9. The number of halogens is 2. The van der Waals surface area contributed by atoms with E-state index in [9.17, 15) is 9.90 Å². The molecule has 9 nitrogen and oxygen atoms in total. The molecule has 0 bridgehead atoms. The molecule has 4 aromatic rings. The van der Waals surface area contributed by atoms with Gasteiger partial charge in [-0.2, -0.15) is 4.98 Å². The van der Waals surface area contributed by atoms with Crippen LogP contribution in [-0.4, -0.2) is 56.9 Å². The molecule has 39 heavy (non-hydrogen) atoms. The van der Waals surface area contributed by atoms with Gasteiger partial charge in [0.1, 0.15) is 23.8 Å². The number of aliphatic hydroxyl groups excluding tert-OH is 1. The fraction of sp³-hybridized carbons (Fsp3) is 0.393. The molecule has 2 aromatic heterocycles. The topological polar surface area (TPSA) is 108 Å². The molecule has 1 atom stereocenters. The van der Waals surface area contributed by atoms with Crippen LogP contribution in [0.5, 0.6) is 0 Å². The van der Waals surface area contributed by atoms with Crippen LogP contribution in [0.15, 0.2) is 41.2 Å². The standard InChI is InChI=1S/C28H26F2N6O3/c29-20-5-4-19(17-3-6-22(21(30)11-17)36-13-18(37)12-23(36)38)25-24(20)27(32-14-31-25)35-9-7-15(8-10-35)26-33-28(39-34-26)16-1-2-16/h3-6,11,14-16,18,37H,1-2,7-10,12-13H2/t18-/m1/s1. The summed E-state index contributed by atoms with van der Waals surface area (Å²) in [6.45, 7) is 1.34. The molecule has 1 saturated carbocycles. The van der Waals surface area contributed by atoms with Crippen molar-refractivity contribution in [1.82, 2.24) is 20.1 Å². The van der Waals surface area contributed by atoms with Crippen LogP contribution in [0.2, 0.25) is 0 Å². The quantitative estimate of drug-likeness (QED) is 0.405. The van der Waals surface area contributed by atoms with Crippen LogP contribution in [0.25, 0.3) is 22.0 Å². The lowest BCUT2D eigenvalue weighted by Crippen LogP contribution is -2.34. The van der Waals surface area contributed by atoms with E-state index in [0.29, 0.717) is 41.5 Å². The van der Waals surface area contributed by atoms with Crippen molar-refractivity contribution in [3.05, 3.63) is 60.0 Å². The molecular formula is C28H26F2N6O3. The Labute approximate surface area is 222 Å². The minimum absolute atomic E-state index is 0.0304. The van der Waals surface area contributed by atoms with Crippen molar-refractivity contribution in [2.75, 3.05) is 29.4 Å². The molecule has 2 saturated heterocycles. The molecule has 0 unspecified atom stereocenters. The van der Waals surface area contributed by atoms with E-state index >= 15 is 8.78 Å². The zero-order valence-corrected chi connectivity index (χ0v) is 21.1. The van der Waals surface area contributed by atoms with Gasteiger partial charge in [-0.3, -0.25) is 4.79 Å². The number of benzene rings is 2.